The molecule has 1 saturated heterocycles. The van der Waals surface area contributed by atoms with Gasteiger partial charge in [-0.2, -0.15) is 0 Å². The van der Waals surface area contributed by atoms with Crippen LogP contribution < -0.4 is 15.4 Å². The zero-order valence-corrected chi connectivity index (χ0v) is 16.1. The summed E-state index contributed by atoms with van der Waals surface area (Å²) in [4.78, 5) is 7.07. The lowest BCUT2D eigenvalue weighted by Gasteiger charge is -2.29. The summed E-state index contributed by atoms with van der Waals surface area (Å²) in [7, 11) is 1.71. The van der Waals surface area contributed by atoms with Crippen molar-refractivity contribution in [1.82, 2.24) is 15.5 Å². The summed E-state index contributed by atoms with van der Waals surface area (Å²) >= 11 is 0. The molecule has 5 nitrogen and oxygen atoms in total. The molecule has 128 valence electrons. The van der Waals surface area contributed by atoms with Gasteiger partial charge < -0.3 is 15.4 Å². The summed E-state index contributed by atoms with van der Waals surface area (Å²) in [6, 6.07) is 8.85. The van der Waals surface area contributed by atoms with Crippen LogP contribution in [0.4, 0.5) is 0 Å². The van der Waals surface area contributed by atoms with Crippen molar-refractivity contribution in [2.24, 2.45) is 4.99 Å². The molecule has 1 aromatic carbocycles. The van der Waals surface area contributed by atoms with E-state index in [0.29, 0.717) is 6.04 Å². The highest BCUT2D eigenvalue weighted by Crippen LogP contribution is 2.26. The van der Waals surface area contributed by atoms with Crippen molar-refractivity contribution in [1.29, 1.82) is 0 Å². The predicted molar refractivity (Wildman–Crippen MR) is 105 cm³/mol. The molecule has 0 spiro atoms. The average Bonchev–Trinajstić information content (AvgIpc) is 3.11. The van der Waals surface area contributed by atoms with Gasteiger partial charge in [0.1, 0.15) is 5.75 Å². The second kappa shape index (κ2) is 9.32. The maximum Gasteiger partial charge on any atom is 0.191 e. The van der Waals surface area contributed by atoms with Crippen LogP contribution in [-0.4, -0.2) is 50.7 Å². The Morgan fingerprint density at radius 2 is 1.96 bits per heavy atom. The van der Waals surface area contributed by atoms with Crippen LogP contribution in [0.1, 0.15) is 30.9 Å². The van der Waals surface area contributed by atoms with Crippen LogP contribution in [0.3, 0.4) is 0 Å². The van der Waals surface area contributed by atoms with E-state index in [2.05, 4.69) is 44.8 Å². The lowest BCUT2D eigenvalue weighted by atomic mass is 10.1. The molecule has 0 radical (unpaired) electrons. The Hall–Kier alpha value is -1.02. The van der Waals surface area contributed by atoms with E-state index in [0.717, 1.165) is 37.8 Å². The molecular weight excluding hydrogens is 403 g/mol. The highest BCUT2D eigenvalue weighted by molar-refractivity contribution is 14.0. The number of rotatable bonds is 5. The number of likely N-dealkylation sites (tertiary alicyclic amines) is 1. The standard InChI is InChI=1S/C17H26N4O.HI/c1-22-15-7-5-14(6-8-15)16(21-11-2-3-12-21)13-20-17-18-9-4-10-19-17;/h5-8,16H,2-4,9-13H2,1H3,(H2,18,19,20);1H. The number of aliphatic imine (C=N–C) groups is 1. The molecule has 2 heterocycles. The predicted octanol–water partition coefficient (Wildman–Crippen LogP) is 2.39. The first-order valence-corrected chi connectivity index (χ1v) is 8.27. The normalized spacial score (nSPS) is 19.3. The SMILES string of the molecule is COc1ccc(C(CNC2=NCCCN2)N2CCCC2)cc1.I. The lowest BCUT2D eigenvalue weighted by Crippen LogP contribution is -2.44. The summed E-state index contributed by atoms with van der Waals surface area (Å²) in [6.07, 6.45) is 3.72. The van der Waals surface area contributed by atoms with E-state index in [4.69, 9.17) is 4.74 Å². The smallest absolute Gasteiger partial charge is 0.191 e. The van der Waals surface area contributed by atoms with E-state index in [9.17, 15) is 0 Å². The fraction of sp³-hybridized carbons (Fsp3) is 0.588. The molecule has 2 N–H and O–H groups in total. The largest absolute Gasteiger partial charge is 0.497 e. The van der Waals surface area contributed by atoms with Gasteiger partial charge in [-0.15, -0.1) is 24.0 Å². The molecule has 2 aliphatic rings. The summed E-state index contributed by atoms with van der Waals surface area (Å²) in [5.74, 6) is 1.86. The third kappa shape index (κ3) is 4.97. The van der Waals surface area contributed by atoms with Crippen molar-refractivity contribution in [2.45, 2.75) is 25.3 Å². The number of nitrogens with zero attached hydrogens (tertiary/aromatic N) is 2. The van der Waals surface area contributed by atoms with Gasteiger partial charge in [-0.3, -0.25) is 9.89 Å². The lowest BCUT2D eigenvalue weighted by molar-refractivity contribution is 0.245. The zero-order chi connectivity index (χ0) is 15.2. The Labute approximate surface area is 155 Å². The Kier molecular flexibility index (Phi) is 7.42. The number of ether oxygens (including phenoxy) is 1. The monoisotopic (exact) mass is 430 g/mol. The van der Waals surface area contributed by atoms with Crippen LogP contribution in [0.15, 0.2) is 29.3 Å². The van der Waals surface area contributed by atoms with Crippen LogP contribution in [-0.2, 0) is 0 Å². The van der Waals surface area contributed by atoms with Gasteiger partial charge in [-0.1, -0.05) is 12.1 Å². The molecular formula is C17H27IN4O. The van der Waals surface area contributed by atoms with Crippen molar-refractivity contribution >= 4 is 29.9 Å². The van der Waals surface area contributed by atoms with Gasteiger partial charge in [0.2, 0.25) is 0 Å². The van der Waals surface area contributed by atoms with Gasteiger partial charge >= 0.3 is 0 Å². The van der Waals surface area contributed by atoms with Crippen molar-refractivity contribution in [3.8, 4) is 5.75 Å². The van der Waals surface area contributed by atoms with Crippen molar-refractivity contribution in [2.75, 3.05) is 39.8 Å². The number of nitrogens with one attached hydrogen (secondary N) is 2. The van der Waals surface area contributed by atoms with Gasteiger partial charge in [-0.05, 0) is 50.0 Å². The van der Waals surface area contributed by atoms with Crippen LogP contribution in [0, 0.1) is 0 Å². The van der Waals surface area contributed by atoms with E-state index in [1.54, 1.807) is 7.11 Å². The van der Waals surface area contributed by atoms with Crippen LogP contribution >= 0.6 is 24.0 Å². The Bertz CT molecular complexity index is 500. The molecule has 1 unspecified atom stereocenters. The topological polar surface area (TPSA) is 48.9 Å². The Morgan fingerprint density at radius 1 is 1.22 bits per heavy atom. The minimum Gasteiger partial charge on any atom is -0.497 e. The molecule has 0 saturated carbocycles. The summed E-state index contributed by atoms with van der Waals surface area (Å²) < 4.78 is 5.27. The summed E-state index contributed by atoms with van der Waals surface area (Å²) in [5, 5.41) is 6.83. The number of methoxy groups -OCH3 is 1. The third-order valence-electron chi connectivity index (χ3n) is 4.44. The summed E-state index contributed by atoms with van der Waals surface area (Å²) in [6.45, 7) is 5.18. The number of guanidine groups is 1. The zero-order valence-electron chi connectivity index (χ0n) is 13.8. The van der Waals surface area contributed by atoms with Crippen molar-refractivity contribution < 1.29 is 4.74 Å². The molecule has 3 rings (SSSR count). The second-order valence-corrected chi connectivity index (χ2v) is 5.92. The van der Waals surface area contributed by atoms with Gasteiger partial charge in [0.05, 0.1) is 13.2 Å². The van der Waals surface area contributed by atoms with Gasteiger partial charge in [-0.25, -0.2) is 0 Å². The third-order valence-corrected chi connectivity index (χ3v) is 4.44. The molecule has 0 bridgehead atoms. The van der Waals surface area contributed by atoms with Gasteiger partial charge in [0.15, 0.2) is 5.96 Å². The molecule has 0 amide bonds. The number of benzene rings is 1. The Balaban J connectivity index is 0.00000192. The number of hydrogen-bond acceptors (Lipinski definition) is 5. The minimum absolute atomic E-state index is 0. The van der Waals surface area contributed by atoms with E-state index >= 15 is 0 Å². The van der Waals surface area contributed by atoms with Crippen LogP contribution in [0.2, 0.25) is 0 Å². The molecule has 23 heavy (non-hydrogen) atoms. The molecule has 1 aromatic rings. The quantitative estimate of drug-likeness (QED) is 0.705. The van der Waals surface area contributed by atoms with Crippen molar-refractivity contribution in [3.05, 3.63) is 29.8 Å². The van der Waals surface area contributed by atoms with Crippen LogP contribution in [0.5, 0.6) is 5.75 Å². The first-order chi connectivity index (χ1) is 10.9. The molecule has 2 aliphatic heterocycles. The Morgan fingerprint density at radius 3 is 2.57 bits per heavy atom. The average molecular weight is 430 g/mol. The van der Waals surface area contributed by atoms with Crippen molar-refractivity contribution in [3.63, 3.8) is 0 Å². The number of hydrogen-bond donors (Lipinski definition) is 2. The highest BCUT2D eigenvalue weighted by atomic mass is 127. The minimum atomic E-state index is 0. The fourth-order valence-electron chi connectivity index (χ4n) is 3.18. The number of halogens is 1. The maximum absolute atomic E-state index is 5.27. The van der Waals surface area contributed by atoms with Gasteiger partial charge in [0.25, 0.3) is 0 Å². The summed E-state index contributed by atoms with van der Waals surface area (Å²) in [5.41, 5.74) is 1.34. The molecule has 6 heteroatoms. The molecule has 0 aromatic heterocycles. The van der Waals surface area contributed by atoms with Crippen LogP contribution in [0.25, 0.3) is 0 Å². The van der Waals surface area contributed by atoms with E-state index in [1.165, 1.54) is 31.5 Å². The highest BCUT2D eigenvalue weighted by Gasteiger charge is 2.23. The first kappa shape index (κ1) is 18.3. The van der Waals surface area contributed by atoms with Gasteiger partial charge in [0, 0.05) is 19.6 Å². The van der Waals surface area contributed by atoms with E-state index < -0.39 is 0 Å². The van der Waals surface area contributed by atoms with E-state index in [1.807, 2.05) is 0 Å². The molecule has 1 fully saturated rings. The first-order valence-electron chi connectivity index (χ1n) is 8.27. The second-order valence-electron chi connectivity index (χ2n) is 5.92. The molecule has 0 aliphatic carbocycles. The fourth-order valence-corrected chi connectivity index (χ4v) is 3.18. The molecule has 1 atom stereocenters. The maximum atomic E-state index is 5.27. The van der Waals surface area contributed by atoms with E-state index in [-0.39, 0.29) is 24.0 Å².